The Labute approximate surface area is 150 Å². The van der Waals surface area contributed by atoms with E-state index in [1.807, 2.05) is 23.9 Å². The molecule has 24 heavy (non-hydrogen) atoms. The lowest BCUT2D eigenvalue weighted by molar-refractivity contribution is 0.367. The summed E-state index contributed by atoms with van der Waals surface area (Å²) in [5.74, 6) is 1.98. The summed E-state index contributed by atoms with van der Waals surface area (Å²) in [4.78, 5) is 9.56. The Morgan fingerprint density at radius 2 is 2.00 bits per heavy atom. The van der Waals surface area contributed by atoms with Crippen molar-refractivity contribution in [2.45, 2.75) is 19.1 Å². The van der Waals surface area contributed by atoms with Gasteiger partial charge in [0.15, 0.2) is 5.96 Å². The average molecular weight is 351 g/mol. The fourth-order valence-corrected chi connectivity index (χ4v) is 2.99. The predicted octanol–water partition coefficient (Wildman–Crippen LogP) is 2.53. The second-order valence-electron chi connectivity index (χ2n) is 5.89. The van der Waals surface area contributed by atoms with Crippen LogP contribution in [0.25, 0.3) is 0 Å². The van der Waals surface area contributed by atoms with Crippen LogP contribution in [-0.2, 0) is 0 Å². The summed E-state index contributed by atoms with van der Waals surface area (Å²) in [7, 11) is 1.73. The van der Waals surface area contributed by atoms with Gasteiger partial charge >= 0.3 is 0 Å². The number of methoxy groups -OCH3 is 1. The number of hydrogen-bond donors (Lipinski definition) is 1. The molecular weight excluding hydrogens is 320 g/mol. The maximum absolute atomic E-state index is 5.50. The highest BCUT2D eigenvalue weighted by molar-refractivity contribution is 7.99. The lowest BCUT2D eigenvalue weighted by Crippen LogP contribution is -2.52. The molecule has 0 aliphatic carbocycles. The minimum atomic E-state index is 0.550. The van der Waals surface area contributed by atoms with Crippen LogP contribution >= 0.6 is 11.8 Å². The van der Waals surface area contributed by atoms with Gasteiger partial charge in [-0.3, -0.25) is 4.99 Å². The van der Waals surface area contributed by atoms with E-state index in [0.717, 1.165) is 51.0 Å². The number of para-hydroxylation sites is 2. The van der Waals surface area contributed by atoms with E-state index in [2.05, 4.69) is 47.4 Å². The van der Waals surface area contributed by atoms with Crippen molar-refractivity contribution in [1.29, 1.82) is 0 Å². The summed E-state index contributed by atoms with van der Waals surface area (Å²) in [6, 6.07) is 8.24. The lowest BCUT2D eigenvalue weighted by atomic mass is 10.2. The van der Waals surface area contributed by atoms with Crippen LogP contribution in [0.1, 0.15) is 13.8 Å². The molecule has 1 atom stereocenters. The highest BCUT2D eigenvalue weighted by Gasteiger charge is 2.21. The molecule has 0 saturated carbocycles. The first kappa shape index (κ1) is 18.8. The number of benzene rings is 1. The molecule has 1 aromatic rings. The Kier molecular flexibility index (Phi) is 7.56. The number of aliphatic imine (C=N–C) groups is 1. The van der Waals surface area contributed by atoms with E-state index in [9.17, 15) is 0 Å². The van der Waals surface area contributed by atoms with E-state index < -0.39 is 0 Å². The maximum atomic E-state index is 5.50. The van der Waals surface area contributed by atoms with E-state index in [1.165, 1.54) is 5.69 Å². The third-order valence-corrected chi connectivity index (χ3v) is 5.19. The molecule has 5 nitrogen and oxygen atoms in total. The SMILES string of the molecule is CCNC(=NCC(C)SC)N1CCN(c2ccccc2OC)CC1. The lowest BCUT2D eigenvalue weighted by Gasteiger charge is -2.38. The molecule has 1 unspecified atom stereocenters. The van der Waals surface area contributed by atoms with E-state index in [4.69, 9.17) is 9.73 Å². The summed E-state index contributed by atoms with van der Waals surface area (Å²) < 4.78 is 5.50. The molecule has 1 saturated heterocycles. The van der Waals surface area contributed by atoms with E-state index in [1.54, 1.807) is 7.11 Å². The van der Waals surface area contributed by atoms with Crippen molar-refractivity contribution in [2.75, 3.05) is 57.5 Å². The second-order valence-corrected chi connectivity index (χ2v) is 7.16. The number of piperazine rings is 1. The van der Waals surface area contributed by atoms with E-state index in [0.29, 0.717) is 5.25 Å². The van der Waals surface area contributed by atoms with Gasteiger partial charge in [-0.25, -0.2) is 0 Å². The molecule has 1 N–H and O–H groups in total. The molecule has 1 aromatic carbocycles. The van der Waals surface area contributed by atoms with Crippen LogP contribution in [-0.4, -0.2) is 68.7 Å². The van der Waals surface area contributed by atoms with Crippen LogP contribution in [0.2, 0.25) is 0 Å². The molecule has 0 bridgehead atoms. The first-order valence-corrected chi connectivity index (χ1v) is 9.92. The Bertz CT molecular complexity index is 530. The third-order valence-electron chi connectivity index (χ3n) is 4.24. The van der Waals surface area contributed by atoms with Crippen LogP contribution < -0.4 is 15.0 Å². The monoisotopic (exact) mass is 350 g/mol. The van der Waals surface area contributed by atoms with Crippen molar-refractivity contribution in [3.63, 3.8) is 0 Å². The molecule has 1 fully saturated rings. The number of nitrogens with zero attached hydrogens (tertiary/aromatic N) is 3. The average Bonchev–Trinajstić information content (AvgIpc) is 2.65. The van der Waals surface area contributed by atoms with Crippen molar-refractivity contribution in [2.24, 2.45) is 4.99 Å². The summed E-state index contributed by atoms with van der Waals surface area (Å²) in [5.41, 5.74) is 1.18. The van der Waals surface area contributed by atoms with Gasteiger partial charge in [-0.05, 0) is 25.3 Å². The first-order valence-electron chi connectivity index (χ1n) is 8.63. The normalized spacial score (nSPS) is 16.9. The highest BCUT2D eigenvalue weighted by Crippen LogP contribution is 2.28. The van der Waals surface area contributed by atoms with Gasteiger partial charge in [0.05, 0.1) is 19.3 Å². The van der Waals surface area contributed by atoms with Gasteiger partial charge in [-0.2, -0.15) is 11.8 Å². The number of guanidine groups is 1. The summed E-state index contributed by atoms with van der Waals surface area (Å²) in [5, 5.41) is 3.98. The van der Waals surface area contributed by atoms with Gasteiger partial charge in [0.25, 0.3) is 0 Å². The standard InChI is InChI=1S/C18H30N4OS/c1-5-19-18(20-14-15(2)24-4)22-12-10-21(11-13-22)16-8-6-7-9-17(16)23-3/h6-9,15H,5,10-14H2,1-4H3,(H,19,20). The Hall–Kier alpha value is -1.56. The molecule has 1 aliphatic heterocycles. The van der Waals surface area contributed by atoms with Gasteiger partial charge < -0.3 is 19.9 Å². The van der Waals surface area contributed by atoms with Crippen LogP contribution in [0.3, 0.4) is 0 Å². The molecule has 1 aliphatic rings. The Morgan fingerprint density at radius 3 is 2.62 bits per heavy atom. The zero-order chi connectivity index (χ0) is 17.4. The quantitative estimate of drug-likeness (QED) is 0.631. The predicted molar refractivity (Wildman–Crippen MR) is 106 cm³/mol. The smallest absolute Gasteiger partial charge is 0.194 e. The number of thioether (sulfide) groups is 1. The molecule has 0 aromatic heterocycles. The molecule has 134 valence electrons. The van der Waals surface area contributed by atoms with Gasteiger partial charge in [-0.1, -0.05) is 19.1 Å². The van der Waals surface area contributed by atoms with Crippen molar-refractivity contribution in [3.05, 3.63) is 24.3 Å². The van der Waals surface area contributed by atoms with Crippen molar-refractivity contribution < 1.29 is 4.74 Å². The van der Waals surface area contributed by atoms with Crippen molar-refractivity contribution >= 4 is 23.4 Å². The first-order chi connectivity index (χ1) is 11.7. The Morgan fingerprint density at radius 1 is 1.29 bits per heavy atom. The van der Waals surface area contributed by atoms with Crippen molar-refractivity contribution in [1.82, 2.24) is 10.2 Å². The van der Waals surface area contributed by atoms with Crippen LogP contribution in [0.15, 0.2) is 29.3 Å². The zero-order valence-corrected chi connectivity index (χ0v) is 16.1. The number of nitrogens with one attached hydrogen (secondary N) is 1. The fourth-order valence-electron chi connectivity index (χ4n) is 2.77. The summed E-state index contributed by atoms with van der Waals surface area (Å²) in [6.07, 6.45) is 2.14. The van der Waals surface area contributed by atoms with Crippen LogP contribution in [0, 0.1) is 0 Å². The fraction of sp³-hybridized carbons (Fsp3) is 0.611. The zero-order valence-electron chi connectivity index (χ0n) is 15.3. The van der Waals surface area contributed by atoms with E-state index in [-0.39, 0.29) is 0 Å². The van der Waals surface area contributed by atoms with Gasteiger partial charge in [0.1, 0.15) is 5.75 Å². The number of rotatable bonds is 6. The number of ether oxygens (including phenoxy) is 1. The molecule has 0 spiro atoms. The Balaban J connectivity index is 1.99. The molecular formula is C18H30N4OS. The highest BCUT2D eigenvalue weighted by atomic mass is 32.2. The minimum absolute atomic E-state index is 0.550. The van der Waals surface area contributed by atoms with Crippen molar-refractivity contribution in [3.8, 4) is 5.75 Å². The number of anilines is 1. The largest absolute Gasteiger partial charge is 0.495 e. The third kappa shape index (κ3) is 4.97. The maximum Gasteiger partial charge on any atom is 0.194 e. The van der Waals surface area contributed by atoms with E-state index >= 15 is 0 Å². The minimum Gasteiger partial charge on any atom is -0.495 e. The molecule has 6 heteroatoms. The summed E-state index contributed by atoms with van der Waals surface area (Å²) in [6.45, 7) is 9.99. The molecule has 0 radical (unpaired) electrons. The van der Waals surface area contributed by atoms with Crippen LogP contribution in [0.4, 0.5) is 5.69 Å². The second kappa shape index (κ2) is 9.67. The van der Waals surface area contributed by atoms with Gasteiger partial charge in [0.2, 0.25) is 0 Å². The van der Waals surface area contributed by atoms with Gasteiger partial charge in [0, 0.05) is 38.0 Å². The molecule has 1 heterocycles. The molecule has 2 rings (SSSR count). The van der Waals surface area contributed by atoms with Crippen LogP contribution in [0.5, 0.6) is 5.75 Å². The molecule has 0 amide bonds. The summed E-state index contributed by atoms with van der Waals surface area (Å²) >= 11 is 1.86. The number of hydrogen-bond acceptors (Lipinski definition) is 4. The van der Waals surface area contributed by atoms with Gasteiger partial charge in [-0.15, -0.1) is 0 Å². The topological polar surface area (TPSA) is 40.1 Å².